The number of unbranched alkanes of at least 4 members (excludes halogenated alkanes) is 1. The third-order valence-corrected chi connectivity index (χ3v) is 16.5. The second-order valence-corrected chi connectivity index (χ2v) is 21.8. The largest absolute Gasteiger partial charge is 0.497 e. The Labute approximate surface area is 330 Å². The van der Waals surface area contributed by atoms with Crippen molar-refractivity contribution in [3.05, 3.63) is 102 Å². The first-order valence-corrected chi connectivity index (χ1v) is 23.0. The molecule has 2 aliphatic rings. The Morgan fingerprint density at radius 2 is 1.40 bits per heavy atom. The standard InChI is InChI=1S/C45H66O9Si/c1-32-38(21-15-16-26-49-28-34-17-11-9-12-18-34)53-45(47,27-39(32)54-55(7,8)44(3,4)5)43(46)42-33(2)41(51-30-35-19-13-10-14-20-35)40(31-52-42)50-29-36-22-24-37(48-6)25-23-36/h9-14,17-20,22-25,32-33,38-43,46-47H,15-16,21,26-31H2,1-8H3/t32-,33+,38+,39-,40-,41+,42+,43-,45+/m0/s1. The summed E-state index contributed by atoms with van der Waals surface area (Å²) in [5.41, 5.74) is 3.19. The molecule has 0 amide bonds. The minimum Gasteiger partial charge on any atom is -0.497 e. The van der Waals surface area contributed by atoms with Crippen LogP contribution in [0.3, 0.4) is 0 Å². The fraction of sp³-hybridized carbons (Fsp3) is 0.600. The Balaban J connectivity index is 1.30. The highest BCUT2D eigenvalue weighted by Gasteiger charge is 2.56. The minimum atomic E-state index is -2.24. The number of aliphatic hydroxyl groups excluding tert-OH is 1. The topological polar surface area (TPSA) is 105 Å². The SMILES string of the molecule is COc1ccc(CO[C@H]2CO[C@@H]([C@H](O)[C@@]3(O)C[C@H](O[Si](C)(C)C(C)(C)C)[C@@H](C)[C@@H](CCCCOCc4ccccc4)O3)[C@H](C)[C@H]2OCc2ccccc2)cc1. The van der Waals surface area contributed by atoms with Crippen LogP contribution in [-0.4, -0.2) is 81.3 Å². The fourth-order valence-electron chi connectivity index (χ4n) is 7.37. The third kappa shape index (κ3) is 11.7. The van der Waals surface area contributed by atoms with E-state index < -0.39 is 38.5 Å². The maximum Gasteiger partial charge on any atom is 0.197 e. The van der Waals surface area contributed by atoms with Crippen molar-refractivity contribution in [3.8, 4) is 5.75 Å². The Kier molecular flexibility index (Phi) is 15.6. The Morgan fingerprint density at radius 3 is 2.02 bits per heavy atom. The molecule has 0 saturated carbocycles. The number of rotatable bonds is 18. The van der Waals surface area contributed by atoms with E-state index in [1.165, 1.54) is 0 Å². The number of hydrogen-bond acceptors (Lipinski definition) is 9. The molecule has 9 atom stereocenters. The van der Waals surface area contributed by atoms with Crippen LogP contribution in [0.5, 0.6) is 5.75 Å². The third-order valence-electron chi connectivity index (χ3n) is 12.0. The van der Waals surface area contributed by atoms with E-state index in [2.05, 4.69) is 52.9 Å². The van der Waals surface area contributed by atoms with E-state index in [0.717, 1.165) is 35.3 Å². The van der Waals surface area contributed by atoms with Gasteiger partial charge in [-0.25, -0.2) is 0 Å². The molecule has 0 radical (unpaired) electrons. The Morgan fingerprint density at radius 1 is 0.800 bits per heavy atom. The maximum absolute atomic E-state index is 12.5. The van der Waals surface area contributed by atoms with Crippen LogP contribution in [0.25, 0.3) is 0 Å². The predicted octanol–water partition coefficient (Wildman–Crippen LogP) is 8.45. The Hall–Kier alpha value is -2.64. The molecule has 304 valence electrons. The molecule has 2 aliphatic heterocycles. The Bertz CT molecular complexity index is 1550. The van der Waals surface area contributed by atoms with Crippen molar-refractivity contribution in [1.82, 2.24) is 0 Å². The van der Waals surface area contributed by atoms with Gasteiger partial charge in [-0.1, -0.05) is 107 Å². The van der Waals surface area contributed by atoms with Gasteiger partial charge in [0, 0.05) is 24.9 Å². The monoisotopic (exact) mass is 778 g/mol. The van der Waals surface area contributed by atoms with Crippen molar-refractivity contribution in [1.29, 1.82) is 0 Å². The van der Waals surface area contributed by atoms with Crippen LogP contribution >= 0.6 is 0 Å². The molecule has 2 heterocycles. The van der Waals surface area contributed by atoms with E-state index in [1.807, 2.05) is 79.7 Å². The average Bonchev–Trinajstić information content (AvgIpc) is 3.17. The quantitative estimate of drug-likeness (QED) is 0.0973. The summed E-state index contributed by atoms with van der Waals surface area (Å²) < 4.78 is 44.4. The number of aliphatic hydroxyl groups is 2. The lowest BCUT2D eigenvalue weighted by atomic mass is 9.80. The molecule has 3 aromatic carbocycles. The lowest BCUT2D eigenvalue weighted by Gasteiger charge is -2.52. The summed E-state index contributed by atoms with van der Waals surface area (Å²) >= 11 is 0. The van der Waals surface area contributed by atoms with Gasteiger partial charge in [-0.2, -0.15) is 0 Å². The van der Waals surface area contributed by atoms with Crippen molar-refractivity contribution < 1.29 is 43.1 Å². The first kappa shape index (κ1) is 43.5. The van der Waals surface area contributed by atoms with Gasteiger partial charge in [0.1, 0.15) is 18.0 Å². The predicted molar refractivity (Wildman–Crippen MR) is 217 cm³/mol. The molecule has 2 saturated heterocycles. The molecule has 2 N–H and O–H groups in total. The number of benzene rings is 3. The van der Waals surface area contributed by atoms with Crippen molar-refractivity contribution in [3.63, 3.8) is 0 Å². The van der Waals surface area contributed by atoms with Gasteiger partial charge < -0.3 is 43.1 Å². The zero-order chi connectivity index (χ0) is 39.6. The van der Waals surface area contributed by atoms with Crippen molar-refractivity contribution in [2.45, 2.75) is 141 Å². The molecule has 0 unspecified atom stereocenters. The molecule has 0 bridgehead atoms. The highest BCUT2D eigenvalue weighted by molar-refractivity contribution is 6.74. The smallest absolute Gasteiger partial charge is 0.197 e. The average molecular weight is 779 g/mol. The van der Waals surface area contributed by atoms with Gasteiger partial charge in [0.15, 0.2) is 14.1 Å². The van der Waals surface area contributed by atoms with Gasteiger partial charge in [-0.05, 0) is 66.2 Å². The van der Waals surface area contributed by atoms with E-state index in [0.29, 0.717) is 32.8 Å². The lowest BCUT2D eigenvalue weighted by Crippen LogP contribution is -2.65. The van der Waals surface area contributed by atoms with Gasteiger partial charge in [-0.3, -0.25) is 0 Å². The normalized spacial score (nSPS) is 28.1. The van der Waals surface area contributed by atoms with Crippen LogP contribution < -0.4 is 4.74 Å². The molecular formula is C45H66O9Si. The lowest BCUT2D eigenvalue weighted by molar-refractivity contribution is -0.346. The summed E-state index contributed by atoms with van der Waals surface area (Å²) in [7, 11) is -0.598. The zero-order valence-electron chi connectivity index (χ0n) is 34.3. The summed E-state index contributed by atoms with van der Waals surface area (Å²) in [5.74, 6) is -1.45. The van der Waals surface area contributed by atoms with E-state index in [9.17, 15) is 10.2 Å². The molecule has 5 rings (SSSR count). The highest BCUT2D eigenvalue weighted by atomic mass is 28.4. The molecule has 0 aliphatic carbocycles. The first-order chi connectivity index (χ1) is 26.2. The van der Waals surface area contributed by atoms with Crippen LogP contribution in [0.4, 0.5) is 0 Å². The summed E-state index contributed by atoms with van der Waals surface area (Å²) in [4.78, 5) is 0. The maximum atomic E-state index is 12.5. The molecule has 3 aromatic rings. The van der Waals surface area contributed by atoms with Crippen LogP contribution in [-0.2, 0) is 47.9 Å². The molecule has 9 nitrogen and oxygen atoms in total. The molecule has 10 heteroatoms. The van der Waals surface area contributed by atoms with Gasteiger partial charge in [-0.15, -0.1) is 0 Å². The summed E-state index contributed by atoms with van der Waals surface area (Å²) in [6.45, 7) is 17.4. The van der Waals surface area contributed by atoms with Gasteiger partial charge in [0.05, 0.1) is 58.0 Å². The van der Waals surface area contributed by atoms with E-state index >= 15 is 0 Å². The molecule has 2 fully saturated rings. The van der Waals surface area contributed by atoms with E-state index in [4.69, 9.17) is 32.8 Å². The fourth-order valence-corrected chi connectivity index (χ4v) is 8.78. The van der Waals surface area contributed by atoms with E-state index in [1.54, 1.807) is 7.11 Å². The highest BCUT2D eigenvalue weighted by Crippen LogP contribution is 2.45. The molecular weight excluding hydrogens is 713 g/mol. The molecule has 0 spiro atoms. The van der Waals surface area contributed by atoms with Gasteiger partial charge in [0.2, 0.25) is 0 Å². The van der Waals surface area contributed by atoms with Crippen molar-refractivity contribution in [2.24, 2.45) is 11.8 Å². The minimum absolute atomic E-state index is 0.00854. The summed E-state index contributed by atoms with van der Waals surface area (Å²) in [6, 6.07) is 28.0. The van der Waals surface area contributed by atoms with E-state index in [-0.39, 0.29) is 42.1 Å². The van der Waals surface area contributed by atoms with Crippen LogP contribution in [0.2, 0.25) is 18.1 Å². The number of ether oxygens (including phenoxy) is 6. The zero-order valence-corrected chi connectivity index (χ0v) is 35.3. The molecule has 55 heavy (non-hydrogen) atoms. The second kappa shape index (κ2) is 19.7. The van der Waals surface area contributed by atoms with Crippen molar-refractivity contribution in [2.75, 3.05) is 20.3 Å². The first-order valence-electron chi connectivity index (χ1n) is 20.1. The van der Waals surface area contributed by atoms with Gasteiger partial charge in [0.25, 0.3) is 0 Å². The summed E-state index contributed by atoms with van der Waals surface area (Å²) in [6.07, 6.45) is -1.06. The summed E-state index contributed by atoms with van der Waals surface area (Å²) in [5, 5.41) is 24.7. The van der Waals surface area contributed by atoms with Crippen LogP contribution in [0, 0.1) is 11.8 Å². The van der Waals surface area contributed by atoms with Crippen LogP contribution in [0.15, 0.2) is 84.9 Å². The number of hydrogen-bond donors (Lipinski definition) is 2. The van der Waals surface area contributed by atoms with Crippen molar-refractivity contribution >= 4 is 8.32 Å². The number of methoxy groups -OCH3 is 1. The van der Waals surface area contributed by atoms with Gasteiger partial charge >= 0.3 is 0 Å². The molecule has 0 aromatic heterocycles. The second-order valence-electron chi connectivity index (χ2n) is 17.1. The van der Waals surface area contributed by atoms with Crippen LogP contribution in [0.1, 0.15) is 77.0 Å².